The summed E-state index contributed by atoms with van der Waals surface area (Å²) >= 11 is 0. The van der Waals surface area contributed by atoms with Gasteiger partial charge in [0.15, 0.2) is 0 Å². The maximum Gasteiger partial charge on any atom is 0.309 e. The van der Waals surface area contributed by atoms with Gasteiger partial charge in [-0.2, -0.15) is 0 Å². The van der Waals surface area contributed by atoms with Crippen molar-refractivity contribution < 1.29 is 9.53 Å². The van der Waals surface area contributed by atoms with Gasteiger partial charge in [0.25, 0.3) is 0 Å². The summed E-state index contributed by atoms with van der Waals surface area (Å²) in [5.41, 5.74) is 0. The van der Waals surface area contributed by atoms with Gasteiger partial charge >= 0.3 is 5.97 Å². The quantitative estimate of drug-likeness (QED) is 0.388. The Morgan fingerprint density at radius 2 is 1.39 bits per heavy atom. The Balaban J connectivity index is 1.61. The van der Waals surface area contributed by atoms with Crippen molar-refractivity contribution >= 4 is 5.97 Å². The molecule has 0 amide bonds. The normalized spacial score (nSPS) is 31.7. The number of ether oxygens (including phenoxy) is 1. The highest BCUT2D eigenvalue weighted by Crippen LogP contribution is 2.34. The van der Waals surface area contributed by atoms with E-state index in [4.69, 9.17) is 4.74 Å². The van der Waals surface area contributed by atoms with Gasteiger partial charge in [-0.3, -0.25) is 4.79 Å². The van der Waals surface area contributed by atoms with Crippen molar-refractivity contribution in [1.29, 1.82) is 0 Å². The van der Waals surface area contributed by atoms with Gasteiger partial charge < -0.3 is 4.74 Å². The molecule has 0 radical (unpaired) electrons. The Morgan fingerprint density at radius 3 is 2.00 bits per heavy atom. The molecule has 2 saturated carbocycles. The maximum atomic E-state index is 12.4. The molecule has 0 aromatic carbocycles. The molecule has 2 heteroatoms. The number of hydrogen-bond acceptors (Lipinski definition) is 2. The highest BCUT2D eigenvalue weighted by atomic mass is 16.5. The van der Waals surface area contributed by atoms with E-state index < -0.39 is 0 Å². The number of rotatable bonds is 8. The summed E-state index contributed by atoms with van der Waals surface area (Å²) in [5.74, 6) is 2.07. The van der Waals surface area contributed by atoms with Crippen LogP contribution in [0.2, 0.25) is 0 Å². The van der Waals surface area contributed by atoms with E-state index in [0.717, 1.165) is 37.5 Å². The first-order valence-corrected chi connectivity index (χ1v) is 10.4. The van der Waals surface area contributed by atoms with E-state index in [0.29, 0.717) is 0 Å². The first-order valence-electron chi connectivity index (χ1n) is 10.4. The summed E-state index contributed by atoms with van der Waals surface area (Å²) < 4.78 is 5.86. The molecule has 2 aliphatic carbocycles. The van der Waals surface area contributed by atoms with E-state index >= 15 is 0 Å². The minimum Gasteiger partial charge on any atom is -0.462 e. The van der Waals surface area contributed by atoms with E-state index in [9.17, 15) is 4.79 Å². The van der Waals surface area contributed by atoms with Crippen molar-refractivity contribution in [3.05, 3.63) is 0 Å². The summed E-state index contributed by atoms with van der Waals surface area (Å²) in [5, 5.41) is 0. The number of carbonyl (C=O) groups excluding carboxylic acids is 1. The Morgan fingerprint density at radius 1 is 0.783 bits per heavy atom. The van der Waals surface area contributed by atoms with Crippen LogP contribution in [0.1, 0.15) is 104 Å². The molecule has 0 saturated heterocycles. The zero-order valence-electron chi connectivity index (χ0n) is 15.5. The van der Waals surface area contributed by atoms with Crippen molar-refractivity contribution in [3.63, 3.8) is 0 Å². The fourth-order valence-electron chi connectivity index (χ4n) is 4.58. The average Bonchev–Trinajstić information content (AvgIpc) is 2.57. The third kappa shape index (κ3) is 6.47. The molecule has 23 heavy (non-hydrogen) atoms. The Labute approximate surface area is 143 Å². The summed E-state index contributed by atoms with van der Waals surface area (Å²) in [4.78, 5) is 12.4. The number of unbranched alkanes of at least 4 members (excludes halogenated alkanes) is 2. The summed E-state index contributed by atoms with van der Waals surface area (Å²) in [6.45, 7) is 4.53. The fourth-order valence-corrected chi connectivity index (χ4v) is 4.58. The second kappa shape index (κ2) is 10.4. The Kier molecular flexibility index (Phi) is 8.47. The van der Waals surface area contributed by atoms with Gasteiger partial charge in [-0.25, -0.2) is 0 Å². The van der Waals surface area contributed by atoms with Gasteiger partial charge in [0, 0.05) is 0 Å². The lowest BCUT2D eigenvalue weighted by atomic mass is 9.80. The van der Waals surface area contributed by atoms with E-state index in [2.05, 4.69) is 13.8 Å². The average molecular weight is 323 g/mol. The van der Waals surface area contributed by atoms with E-state index in [1.54, 1.807) is 0 Å². The van der Waals surface area contributed by atoms with Crippen LogP contribution < -0.4 is 0 Å². The lowest BCUT2D eigenvalue weighted by Crippen LogP contribution is -2.30. The van der Waals surface area contributed by atoms with Crippen molar-refractivity contribution in [2.45, 2.75) is 110 Å². The molecule has 0 atom stereocenters. The van der Waals surface area contributed by atoms with E-state index in [1.165, 1.54) is 64.2 Å². The standard InChI is InChI=1S/C21H38O2/c1-3-5-6-8-18-11-15-20(16-12-18)23-21(22)19-13-9-17(7-4-2)10-14-19/h17-20H,3-16H2,1-2H3/t17-,18-,19-,20-. The number of hydrogen-bond donors (Lipinski definition) is 0. The van der Waals surface area contributed by atoms with Crippen molar-refractivity contribution in [1.82, 2.24) is 0 Å². The summed E-state index contributed by atoms with van der Waals surface area (Å²) in [7, 11) is 0. The van der Waals surface area contributed by atoms with Crippen LogP contribution >= 0.6 is 0 Å². The SMILES string of the molecule is CCCCC[C@H]1CC[C@H](OC(=O)[C@H]2CC[C@H](CCC)CC2)CC1. The second-order valence-corrected chi connectivity index (χ2v) is 8.08. The second-order valence-electron chi connectivity index (χ2n) is 8.08. The predicted molar refractivity (Wildman–Crippen MR) is 96.3 cm³/mol. The molecule has 2 nitrogen and oxygen atoms in total. The lowest BCUT2D eigenvalue weighted by molar-refractivity contribution is -0.157. The van der Waals surface area contributed by atoms with Crippen LogP contribution in [0.5, 0.6) is 0 Å². The molecular formula is C21H38O2. The molecule has 0 spiro atoms. The largest absolute Gasteiger partial charge is 0.462 e. The highest BCUT2D eigenvalue weighted by Gasteiger charge is 2.30. The molecule has 134 valence electrons. The summed E-state index contributed by atoms with van der Waals surface area (Å²) in [6.07, 6.45) is 17.6. The first kappa shape index (κ1) is 18.8. The third-order valence-electron chi connectivity index (χ3n) is 6.17. The van der Waals surface area contributed by atoms with Crippen LogP contribution in [0.15, 0.2) is 0 Å². The highest BCUT2D eigenvalue weighted by molar-refractivity contribution is 5.72. The van der Waals surface area contributed by atoms with Crippen LogP contribution in [-0.4, -0.2) is 12.1 Å². The van der Waals surface area contributed by atoms with Crippen LogP contribution in [0.3, 0.4) is 0 Å². The van der Waals surface area contributed by atoms with Gasteiger partial charge in [-0.1, -0.05) is 52.4 Å². The third-order valence-corrected chi connectivity index (χ3v) is 6.17. The van der Waals surface area contributed by atoms with Crippen LogP contribution in [0.25, 0.3) is 0 Å². The molecule has 2 rings (SSSR count). The fraction of sp³-hybridized carbons (Fsp3) is 0.952. The van der Waals surface area contributed by atoms with Crippen molar-refractivity contribution in [2.75, 3.05) is 0 Å². The zero-order chi connectivity index (χ0) is 16.5. The van der Waals surface area contributed by atoms with Crippen molar-refractivity contribution in [3.8, 4) is 0 Å². The molecular weight excluding hydrogens is 284 g/mol. The molecule has 0 N–H and O–H groups in total. The molecule has 0 heterocycles. The minimum atomic E-state index is 0.120. The lowest BCUT2D eigenvalue weighted by Gasteiger charge is -2.31. The van der Waals surface area contributed by atoms with Gasteiger partial charge in [-0.05, 0) is 63.2 Å². The van der Waals surface area contributed by atoms with Crippen LogP contribution in [-0.2, 0) is 9.53 Å². The topological polar surface area (TPSA) is 26.3 Å². The molecule has 2 fully saturated rings. The molecule has 0 bridgehead atoms. The Hall–Kier alpha value is -0.530. The van der Waals surface area contributed by atoms with Gasteiger partial charge in [-0.15, -0.1) is 0 Å². The smallest absolute Gasteiger partial charge is 0.309 e. The van der Waals surface area contributed by atoms with Crippen LogP contribution in [0.4, 0.5) is 0 Å². The van der Waals surface area contributed by atoms with Gasteiger partial charge in [0.05, 0.1) is 5.92 Å². The van der Waals surface area contributed by atoms with Gasteiger partial charge in [0.2, 0.25) is 0 Å². The van der Waals surface area contributed by atoms with E-state index in [1.807, 2.05) is 0 Å². The first-order chi connectivity index (χ1) is 11.2. The van der Waals surface area contributed by atoms with Gasteiger partial charge in [0.1, 0.15) is 6.10 Å². The molecule has 0 aromatic rings. The van der Waals surface area contributed by atoms with Crippen LogP contribution in [0, 0.1) is 17.8 Å². The predicted octanol–water partition coefficient (Wildman–Crippen LogP) is 6.28. The molecule has 0 aromatic heterocycles. The number of carbonyl (C=O) groups is 1. The Bertz CT molecular complexity index is 323. The van der Waals surface area contributed by atoms with Crippen molar-refractivity contribution in [2.24, 2.45) is 17.8 Å². The molecule has 2 aliphatic rings. The molecule has 0 aliphatic heterocycles. The molecule has 0 unspecified atom stereocenters. The summed E-state index contributed by atoms with van der Waals surface area (Å²) in [6, 6.07) is 0. The maximum absolute atomic E-state index is 12.4. The number of esters is 1. The minimum absolute atomic E-state index is 0.120. The monoisotopic (exact) mass is 322 g/mol. The zero-order valence-corrected chi connectivity index (χ0v) is 15.5. The van der Waals surface area contributed by atoms with E-state index in [-0.39, 0.29) is 18.0 Å².